The molecule has 0 aliphatic carbocycles. The molecule has 20 heavy (non-hydrogen) atoms. The molecule has 0 spiro atoms. The van der Waals surface area contributed by atoms with E-state index >= 15 is 0 Å². The average Bonchev–Trinajstić information content (AvgIpc) is 2.38. The number of anilines is 1. The SMILES string of the molecule is Cc1cc(C(=O)O)ccc1NCc1ccc(Cl)cc1Cl. The van der Waals surface area contributed by atoms with Crippen molar-refractivity contribution in [2.45, 2.75) is 13.5 Å². The lowest BCUT2D eigenvalue weighted by Crippen LogP contribution is -2.03. The first-order valence-electron chi connectivity index (χ1n) is 5.99. The van der Waals surface area contributed by atoms with E-state index in [1.807, 2.05) is 13.0 Å². The molecule has 0 aromatic heterocycles. The van der Waals surface area contributed by atoms with Gasteiger partial charge in [0.1, 0.15) is 0 Å². The van der Waals surface area contributed by atoms with Crippen molar-refractivity contribution < 1.29 is 9.90 Å². The summed E-state index contributed by atoms with van der Waals surface area (Å²) in [7, 11) is 0. The molecule has 104 valence electrons. The molecular formula is C15H13Cl2NO2. The van der Waals surface area contributed by atoms with Gasteiger partial charge in [0.15, 0.2) is 0 Å². The van der Waals surface area contributed by atoms with Crippen LogP contribution in [0.1, 0.15) is 21.5 Å². The first kappa shape index (κ1) is 14.7. The molecule has 0 atom stereocenters. The molecule has 2 aromatic rings. The van der Waals surface area contributed by atoms with Crippen molar-refractivity contribution in [1.29, 1.82) is 0 Å². The lowest BCUT2D eigenvalue weighted by Gasteiger charge is -2.11. The number of hydrogen-bond acceptors (Lipinski definition) is 2. The fourth-order valence-electron chi connectivity index (χ4n) is 1.85. The number of halogens is 2. The van der Waals surface area contributed by atoms with Gasteiger partial charge in [0.05, 0.1) is 5.56 Å². The van der Waals surface area contributed by atoms with Gasteiger partial charge in [-0.05, 0) is 48.4 Å². The fourth-order valence-corrected chi connectivity index (χ4v) is 2.33. The quantitative estimate of drug-likeness (QED) is 0.867. The molecule has 2 rings (SSSR count). The van der Waals surface area contributed by atoms with E-state index < -0.39 is 5.97 Å². The highest BCUT2D eigenvalue weighted by Gasteiger charge is 2.06. The van der Waals surface area contributed by atoms with Crippen LogP contribution in [0.15, 0.2) is 36.4 Å². The summed E-state index contributed by atoms with van der Waals surface area (Å²) in [5, 5.41) is 13.4. The molecule has 0 saturated heterocycles. The summed E-state index contributed by atoms with van der Waals surface area (Å²) in [5.74, 6) is -0.930. The number of carboxylic acids is 1. The lowest BCUT2D eigenvalue weighted by atomic mass is 10.1. The Balaban J connectivity index is 2.13. The van der Waals surface area contributed by atoms with Crippen molar-refractivity contribution in [1.82, 2.24) is 0 Å². The summed E-state index contributed by atoms with van der Waals surface area (Å²) >= 11 is 11.9. The first-order chi connectivity index (χ1) is 9.47. The van der Waals surface area contributed by atoms with Crippen LogP contribution in [0, 0.1) is 6.92 Å². The minimum atomic E-state index is -0.930. The summed E-state index contributed by atoms with van der Waals surface area (Å²) in [4.78, 5) is 10.9. The third-order valence-corrected chi connectivity index (χ3v) is 3.54. The van der Waals surface area contributed by atoms with Crippen molar-refractivity contribution in [2.75, 3.05) is 5.32 Å². The average molecular weight is 310 g/mol. The second-order valence-corrected chi connectivity index (χ2v) is 5.27. The number of rotatable bonds is 4. The molecule has 0 heterocycles. The molecule has 0 radical (unpaired) electrons. The van der Waals surface area contributed by atoms with E-state index in [4.69, 9.17) is 28.3 Å². The van der Waals surface area contributed by atoms with E-state index in [1.165, 1.54) is 0 Å². The second-order valence-electron chi connectivity index (χ2n) is 4.42. The van der Waals surface area contributed by atoms with Crippen LogP contribution < -0.4 is 5.32 Å². The van der Waals surface area contributed by atoms with E-state index in [0.717, 1.165) is 16.8 Å². The minimum absolute atomic E-state index is 0.276. The molecule has 0 unspecified atom stereocenters. The van der Waals surface area contributed by atoms with Gasteiger partial charge in [-0.15, -0.1) is 0 Å². The third kappa shape index (κ3) is 3.44. The Morgan fingerprint density at radius 2 is 1.95 bits per heavy atom. The molecule has 0 bridgehead atoms. The summed E-state index contributed by atoms with van der Waals surface area (Å²) in [6.07, 6.45) is 0. The predicted molar refractivity (Wildman–Crippen MR) is 81.9 cm³/mol. The zero-order chi connectivity index (χ0) is 14.7. The van der Waals surface area contributed by atoms with Crippen LogP contribution in [0.2, 0.25) is 10.0 Å². The number of carboxylic acid groups (broad SMARTS) is 1. The van der Waals surface area contributed by atoms with Gasteiger partial charge in [-0.1, -0.05) is 29.3 Å². The van der Waals surface area contributed by atoms with Crippen molar-refractivity contribution in [3.05, 3.63) is 63.1 Å². The lowest BCUT2D eigenvalue weighted by molar-refractivity contribution is 0.0697. The summed E-state index contributed by atoms with van der Waals surface area (Å²) in [6, 6.07) is 10.3. The molecule has 0 aliphatic rings. The van der Waals surface area contributed by atoms with Gasteiger partial charge in [-0.3, -0.25) is 0 Å². The minimum Gasteiger partial charge on any atom is -0.478 e. The van der Waals surface area contributed by atoms with Crippen molar-refractivity contribution in [3.8, 4) is 0 Å². The molecular weight excluding hydrogens is 297 g/mol. The normalized spacial score (nSPS) is 10.3. The van der Waals surface area contributed by atoms with E-state index in [2.05, 4.69) is 5.32 Å². The number of benzene rings is 2. The number of carbonyl (C=O) groups is 1. The topological polar surface area (TPSA) is 49.3 Å². The number of hydrogen-bond donors (Lipinski definition) is 2. The molecule has 0 fully saturated rings. The zero-order valence-electron chi connectivity index (χ0n) is 10.8. The first-order valence-corrected chi connectivity index (χ1v) is 6.74. The highest BCUT2D eigenvalue weighted by molar-refractivity contribution is 6.35. The molecule has 0 amide bonds. The van der Waals surface area contributed by atoms with E-state index in [-0.39, 0.29) is 5.56 Å². The Hall–Kier alpha value is -1.71. The van der Waals surface area contributed by atoms with Crippen LogP contribution >= 0.6 is 23.2 Å². The number of aromatic carboxylic acids is 1. The van der Waals surface area contributed by atoms with Crippen LogP contribution in [-0.2, 0) is 6.54 Å². The van der Waals surface area contributed by atoms with Crippen LogP contribution in [0.25, 0.3) is 0 Å². The maximum atomic E-state index is 10.9. The van der Waals surface area contributed by atoms with Crippen LogP contribution in [0.3, 0.4) is 0 Å². The number of aryl methyl sites for hydroxylation is 1. The summed E-state index contributed by atoms with van der Waals surface area (Å²) in [6.45, 7) is 2.40. The van der Waals surface area contributed by atoms with Gasteiger partial charge in [0.2, 0.25) is 0 Å². The van der Waals surface area contributed by atoms with Gasteiger partial charge in [0, 0.05) is 22.3 Å². The molecule has 2 N–H and O–H groups in total. The Morgan fingerprint density at radius 1 is 1.20 bits per heavy atom. The molecule has 2 aromatic carbocycles. The zero-order valence-corrected chi connectivity index (χ0v) is 12.3. The van der Waals surface area contributed by atoms with Gasteiger partial charge in [-0.2, -0.15) is 0 Å². The maximum Gasteiger partial charge on any atom is 0.335 e. The van der Waals surface area contributed by atoms with Gasteiger partial charge < -0.3 is 10.4 Å². The Bertz CT molecular complexity index is 656. The summed E-state index contributed by atoms with van der Waals surface area (Å²) in [5.41, 5.74) is 2.95. The monoisotopic (exact) mass is 309 g/mol. The summed E-state index contributed by atoms with van der Waals surface area (Å²) < 4.78 is 0. The van der Waals surface area contributed by atoms with Crippen LogP contribution in [-0.4, -0.2) is 11.1 Å². The van der Waals surface area contributed by atoms with E-state index in [1.54, 1.807) is 30.3 Å². The van der Waals surface area contributed by atoms with Crippen molar-refractivity contribution in [3.63, 3.8) is 0 Å². The van der Waals surface area contributed by atoms with Crippen molar-refractivity contribution >= 4 is 34.9 Å². The standard InChI is InChI=1S/C15H13Cl2NO2/c1-9-6-10(15(19)20)3-5-14(9)18-8-11-2-4-12(16)7-13(11)17/h2-7,18H,8H2,1H3,(H,19,20). The Morgan fingerprint density at radius 3 is 2.55 bits per heavy atom. The molecule has 0 saturated carbocycles. The smallest absolute Gasteiger partial charge is 0.335 e. The number of nitrogens with one attached hydrogen (secondary N) is 1. The van der Waals surface area contributed by atoms with Crippen molar-refractivity contribution in [2.24, 2.45) is 0 Å². The Kier molecular flexibility index (Phi) is 4.53. The largest absolute Gasteiger partial charge is 0.478 e. The highest BCUT2D eigenvalue weighted by Crippen LogP contribution is 2.23. The fraction of sp³-hybridized carbons (Fsp3) is 0.133. The van der Waals surface area contributed by atoms with Gasteiger partial charge in [0.25, 0.3) is 0 Å². The van der Waals surface area contributed by atoms with Gasteiger partial charge in [-0.25, -0.2) is 4.79 Å². The molecule has 0 aliphatic heterocycles. The predicted octanol–water partition coefficient (Wildman–Crippen LogP) is 4.61. The van der Waals surface area contributed by atoms with Gasteiger partial charge >= 0.3 is 5.97 Å². The van der Waals surface area contributed by atoms with Crippen LogP contribution in [0.5, 0.6) is 0 Å². The Labute approximate surface area is 127 Å². The highest BCUT2D eigenvalue weighted by atomic mass is 35.5. The maximum absolute atomic E-state index is 10.9. The van der Waals surface area contributed by atoms with E-state index in [0.29, 0.717) is 16.6 Å². The van der Waals surface area contributed by atoms with E-state index in [9.17, 15) is 4.79 Å². The third-order valence-electron chi connectivity index (χ3n) is 2.96. The molecule has 5 heteroatoms. The molecule has 3 nitrogen and oxygen atoms in total. The second kappa shape index (κ2) is 6.16. The van der Waals surface area contributed by atoms with Crippen LogP contribution in [0.4, 0.5) is 5.69 Å².